The molecule has 0 bridgehead atoms. The number of halogens is 1. The number of carbonyl (C=O) groups is 1. The van der Waals surface area contributed by atoms with Gasteiger partial charge < -0.3 is 14.8 Å². The molecular formula is C20H21ClN2O3S. The van der Waals surface area contributed by atoms with E-state index in [2.05, 4.69) is 16.4 Å². The number of thiazole rings is 1. The Balaban J connectivity index is 1.51. The van der Waals surface area contributed by atoms with Crippen LogP contribution in [0.15, 0.2) is 36.4 Å². The normalized spacial score (nSPS) is 10.8. The van der Waals surface area contributed by atoms with E-state index in [1.54, 1.807) is 23.5 Å². The van der Waals surface area contributed by atoms with Crippen molar-refractivity contribution >= 4 is 44.7 Å². The Morgan fingerprint density at radius 3 is 2.67 bits per heavy atom. The lowest BCUT2D eigenvalue weighted by Crippen LogP contribution is -2.12. The molecule has 142 valence electrons. The highest BCUT2D eigenvalue weighted by Gasteiger charge is 2.12. The topological polar surface area (TPSA) is 60.5 Å². The minimum absolute atomic E-state index is 0.0676. The maximum Gasteiger partial charge on any atom is 0.224 e. The van der Waals surface area contributed by atoms with Crippen LogP contribution in [0.5, 0.6) is 11.5 Å². The molecule has 1 aromatic heterocycles. The Hall–Kier alpha value is -2.31. The highest BCUT2D eigenvalue weighted by atomic mass is 35.5. The number of nitrogens with zero attached hydrogens (tertiary/aromatic N) is 1. The van der Waals surface area contributed by atoms with Gasteiger partial charge in [-0.15, -0.1) is 11.3 Å². The maximum atomic E-state index is 12.3. The molecule has 0 unspecified atom stereocenters. The summed E-state index contributed by atoms with van der Waals surface area (Å²) in [6.07, 6.45) is 3.01. The fraction of sp³-hybridized carbons (Fsp3) is 0.300. The summed E-state index contributed by atoms with van der Waals surface area (Å²) in [5, 5.41) is 4.41. The molecule has 1 heterocycles. The van der Waals surface area contributed by atoms with Gasteiger partial charge in [-0.3, -0.25) is 4.79 Å². The van der Waals surface area contributed by atoms with E-state index in [0.717, 1.165) is 29.8 Å². The molecule has 0 aliphatic rings. The van der Waals surface area contributed by atoms with Crippen LogP contribution in [0.2, 0.25) is 5.02 Å². The number of para-hydroxylation sites is 1. The van der Waals surface area contributed by atoms with Gasteiger partial charge in [-0.05, 0) is 31.4 Å². The molecule has 0 saturated heterocycles. The van der Waals surface area contributed by atoms with Gasteiger partial charge in [0.25, 0.3) is 0 Å². The number of aromatic nitrogens is 1. The summed E-state index contributed by atoms with van der Waals surface area (Å²) in [6, 6.07) is 11.4. The van der Waals surface area contributed by atoms with Gasteiger partial charge in [-0.1, -0.05) is 23.7 Å². The second kappa shape index (κ2) is 9.06. The van der Waals surface area contributed by atoms with Crippen molar-refractivity contribution in [3.05, 3.63) is 46.4 Å². The third kappa shape index (κ3) is 4.90. The Bertz CT molecular complexity index is 909. The van der Waals surface area contributed by atoms with E-state index in [9.17, 15) is 4.79 Å². The van der Waals surface area contributed by atoms with Gasteiger partial charge in [0.05, 0.1) is 40.2 Å². The maximum absolute atomic E-state index is 12.3. The number of anilines is 1. The van der Waals surface area contributed by atoms with Gasteiger partial charge in [0.2, 0.25) is 5.91 Å². The Labute approximate surface area is 167 Å². The number of benzene rings is 2. The van der Waals surface area contributed by atoms with E-state index in [1.165, 1.54) is 18.9 Å². The molecule has 0 aliphatic carbocycles. The van der Waals surface area contributed by atoms with Crippen LogP contribution in [-0.4, -0.2) is 25.1 Å². The summed E-state index contributed by atoms with van der Waals surface area (Å²) in [5.74, 6) is 0.925. The summed E-state index contributed by atoms with van der Waals surface area (Å²) in [5.41, 5.74) is 1.59. The zero-order valence-corrected chi connectivity index (χ0v) is 16.8. The number of nitrogens with one attached hydrogen (secondary N) is 1. The molecular weight excluding hydrogens is 384 g/mol. The number of aryl methyl sites for hydroxylation is 1. The molecule has 1 amide bonds. The molecule has 3 rings (SSSR count). The molecule has 5 nitrogen and oxygen atoms in total. The highest BCUT2D eigenvalue weighted by molar-refractivity contribution is 7.18. The van der Waals surface area contributed by atoms with E-state index in [-0.39, 0.29) is 5.91 Å². The van der Waals surface area contributed by atoms with E-state index in [4.69, 9.17) is 21.1 Å². The van der Waals surface area contributed by atoms with Crippen molar-refractivity contribution in [1.82, 2.24) is 4.98 Å². The standard InChI is InChI=1S/C20H21ClN2O3S/c1-25-16-12-15(17(26-2)11-13(16)21)22-19(24)9-5-6-10-20-23-14-7-3-4-8-18(14)27-20/h3-4,7-8,11-12H,5-6,9-10H2,1-2H3,(H,22,24). The SMILES string of the molecule is COc1cc(NC(=O)CCCCc2nc3ccccc3s2)c(OC)cc1Cl. The number of carbonyl (C=O) groups excluding carboxylic acids is 1. The Morgan fingerprint density at radius 1 is 1.15 bits per heavy atom. The summed E-state index contributed by atoms with van der Waals surface area (Å²) >= 11 is 7.80. The number of hydrogen-bond donors (Lipinski definition) is 1. The average molecular weight is 405 g/mol. The Morgan fingerprint density at radius 2 is 1.93 bits per heavy atom. The monoisotopic (exact) mass is 404 g/mol. The number of unbranched alkanes of at least 4 members (excludes halogenated alkanes) is 1. The van der Waals surface area contributed by atoms with Crippen molar-refractivity contribution in [2.75, 3.05) is 19.5 Å². The quantitative estimate of drug-likeness (QED) is 0.516. The van der Waals surface area contributed by atoms with Gasteiger partial charge in [0.1, 0.15) is 11.5 Å². The highest BCUT2D eigenvalue weighted by Crippen LogP contribution is 2.36. The van der Waals surface area contributed by atoms with Crippen LogP contribution in [0.4, 0.5) is 5.69 Å². The van der Waals surface area contributed by atoms with Crippen molar-refractivity contribution in [2.45, 2.75) is 25.7 Å². The van der Waals surface area contributed by atoms with Crippen molar-refractivity contribution in [3.63, 3.8) is 0 Å². The van der Waals surface area contributed by atoms with E-state index < -0.39 is 0 Å². The number of amides is 1. The predicted octanol–water partition coefficient (Wildman–Crippen LogP) is 5.32. The fourth-order valence-corrected chi connectivity index (χ4v) is 4.00. The third-order valence-electron chi connectivity index (χ3n) is 4.13. The first-order chi connectivity index (χ1) is 13.1. The van der Waals surface area contributed by atoms with E-state index in [1.807, 2.05) is 18.2 Å². The lowest BCUT2D eigenvalue weighted by Gasteiger charge is -2.13. The van der Waals surface area contributed by atoms with Crippen LogP contribution in [0, 0.1) is 0 Å². The van der Waals surface area contributed by atoms with Gasteiger partial charge in [-0.2, -0.15) is 0 Å². The molecule has 27 heavy (non-hydrogen) atoms. The van der Waals surface area contributed by atoms with Gasteiger partial charge >= 0.3 is 0 Å². The first-order valence-electron chi connectivity index (χ1n) is 8.66. The first kappa shape index (κ1) is 19.5. The second-order valence-electron chi connectivity index (χ2n) is 6.02. The minimum atomic E-state index is -0.0676. The molecule has 0 radical (unpaired) electrons. The first-order valence-corrected chi connectivity index (χ1v) is 9.86. The van der Waals surface area contributed by atoms with Crippen LogP contribution >= 0.6 is 22.9 Å². The van der Waals surface area contributed by atoms with Gasteiger partial charge in [-0.25, -0.2) is 4.98 Å². The number of hydrogen-bond acceptors (Lipinski definition) is 5. The third-order valence-corrected chi connectivity index (χ3v) is 5.52. The lowest BCUT2D eigenvalue weighted by molar-refractivity contribution is -0.116. The van der Waals surface area contributed by atoms with Crippen molar-refractivity contribution < 1.29 is 14.3 Å². The molecule has 0 saturated carbocycles. The number of methoxy groups -OCH3 is 2. The molecule has 0 spiro atoms. The number of ether oxygens (including phenoxy) is 2. The summed E-state index contributed by atoms with van der Waals surface area (Å²) in [7, 11) is 3.06. The van der Waals surface area contributed by atoms with Gasteiger partial charge in [0, 0.05) is 18.6 Å². The van der Waals surface area contributed by atoms with Crippen molar-refractivity contribution in [1.29, 1.82) is 0 Å². The van der Waals surface area contributed by atoms with Gasteiger partial charge in [0.15, 0.2) is 0 Å². The molecule has 0 atom stereocenters. The zero-order valence-electron chi connectivity index (χ0n) is 15.3. The molecule has 2 aromatic carbocycles. The van der Waals surface area contributed by atoms with Crippen molar-refractivity contribution in [3.8, 4) is 11.5 Å². The van der Waals surface area contributed by atoms with Crippen molar-refractivity contribution in [2.24, 2.45) is 0 Å². The summed E-state index contributed by atoms with van der Waals surface area (Å²) < 4.78 is 11.7. The summed E-state index contributed by atoms with van der Waals surface area (Å²) in [4.78, 5) is 16.9. The smallest absolute Gasteiger partial charge is 0.224 e. The van der Waals surface area contributed by atoms with Crippen LogP contribution in [0.1, 0.15) is 24.3 Å². The lowest BCUT2D eigenvalue weighted by atomic mass is 10.2. The Kier molecular flexibility index (Phi) is 6.53. The minimum Gasteiger partial charge on any atom is -0.495 e. The predicted molar refractivity (Wildman–Crippen MR) is 110 cm³/mol. The van der Waals surface area contributed by atoms with Crippen LogP contribution in [0.3, 0.4) is 0 Å². The molecule has 7 heteroatoms. The molecule has 0 aliphatic heterocycles. The van der Waals surface area contributed by atoms with Crippen LogP contribution in [-0.2, 0) is 11.2 Å². The number of rotatable bonds is 8. The van der Waals surface area contributed by atoms with Crippen LogP contribution < -0.4 is 14.8 Å². The van der Waals surface area contributed by atoms with E-state index in [0.29, 0.717) is 28.6 Å². The fourth-order valence-electron chi connectivity index (χ4n) is 2.76. The molecule has 1 N–H and O–H groups in total. The molecule has 3 aromatic rings. The second-order valence-corrected chi connectivity index (χ2v) is 7.54. The van der Waals surface area contributed by atoms with Crippen LogP contribution in [0.25, 0.3) is 10.2 Å². The summed E-state index contributed by atoms with van der Waals surface area (Å²) in [6.45, 7) is 0. The number of fused-ring (bicyclic) bond motifs is 1. The molecule has 0 fully saturated rings. The average Bonchev–Trinajstić information content (AvgIpc) is 3.09. The van der Waals surface area contributed by atoms with E-state index >= 15 is 0 Å². The zero-order chi connectivity index (χ0) is 19.2. The largest absolute Gasteiger partial charge is 0.495 e.